The van der Waals surface area contributed by atoms with Crippen molar-refractivity contribution in [2.45, 2.75) is 37.1 Å². The first-order valence-electron chi connectivity index (χ1n) is 7.58. The van der Waals surface area contributed by atoms with Gasteiger partial charge >= 0.3 is 5.97 Å². The smallest absolute Gasteiger partial charge is 0.358 e. The summed E-state index contributed by atoms with van der Waals surface area (Å²) < 4.78 is 47.3. The Balaban J connectivity index is 0.00000288. The number of halogens is 2. The van der Waals surface area contributed by atoms with E-state index in [2.05, 4.69) is 0 Å². The Labute approximate surface area is 147 Å². The molecule has 1 aliphatic rings. The van der Waals surface area contributed by atoms with Crippen LogP contribution in [-0.4, -0.2) is 49.0 Å². The highest BCUT2D eigenvalue weighted by Gasteiger charge is 2.37. The van der Waals surface area contributed by atoms with Gasteiger partial charge in [0.2, 0.25) is 10.0 Å². The van der Waals surface area contributed by atoms with Crippen LogP contribution in [0.4, 0.5) is 4.39 Å². The van der Waals surface area contributed by atoms with Crippen LogP contribution in [0.25, 0.3) is 0 Å². The fraction of sp³-hybridized carbons (Fsp3) is 0.643. The standard InChI is InChI=1S/C14H22FN3O4S.ClH/c1-3-22-14(19)13-12(15)11(9-17(13)2)23(20,21)18-7-5-4-6-10(18)8-16;/h9-10H,3-8,16H2,1-2H3;1H. The van der Waals surface area contributed by atoms with Crippen LogP contribution in [0.3, 0.4) is 0 Å². The molecule has 1 aromatic heterocycles. The third-order valence-electron chi connectivity index (χ3n) is 3.99. The molecule has 0 saturated carbocycles. The maximum atomic E-state index is 14.6. The molecule has 1 fully saturated rings. The first kappa shape index (κ1) is 20.9. The first-order chi connectivity index (χ1) is 10.8. The lowest BCUT2D eigenvalue weighted by atomic mass is 10.1. The number of hydrogen-bond donors (Lipinski definition) is 1. The molecule has 2 rings (SSSR count). The van der Waals surface area contributed by atoms with Crippen molar-refractivity contribution >= 4 is 28.4 Å². The fourth-order valence-electron chi connectivity index (χ4n) is 2.83. The van der Waals surface area contributed by atoms with Gasteiger partial charge in [0.25, 0.3) is 0 Å². The summed E-state index contributed by atoms with van der Waals surface area (Å²) in [6, 6.07) is -0.348. The molecule has 2 heterocycles. The minimum Gasteiger partial charge on any atom is -0.461 e. The Morgan fingerprint density at radius 3 is 2.71 bits per heavy atom. The monoisotopic (exact) mass is 383 g/mol. The third kappa shape index (κ3) is 3.74. The van der Waals surface area contributed by atoms with Crippen LogP contribution in [-0.2, 0) is 21.8 Å². The first-order valence-corrected chi connectivity index (χ1v) is 9.02. The maximum Gasteiger partial charge on any atom is 0.358 e. The second-order valence-electron chi connectivity index (χ2n) is 5.49. The average molecular weight is 384 g/mol. The largest absolute Gasteiger partial charge is 0.461 e. The van der Waals surface area contributed by atoms with Gasteiger partial charge in [-0.15, -0.1) is 12.4 Å². The van der Waals surface area contributed by atoms with Crippen LogP contribution >= 0.6 is 12.4 Å². The van der Waals surface area contributed by atoms with Gasteiger partial charge in [-0.25, -0.2) is 17.6 Å². The number of rotatable bonds is 5. The van der Waals surface area contributed by atoms with Crippen molar-refractivity contribution in [3.8, 4) is 0 Å². The van der Waals surface area contributed by atoms with E-state index in [9.17, 15) is 17.6 Å². The highest BCUT2D eigenvalue weighted by molar-refractivity contribution is 7.89. The number of aromatic nitrogens is 1. The zero-order chi connectivity index (χ0) is 17.2. The molecule has 0 amide bonds. The molecule has 1 unspecified atom stereocenters. The van der Waals surface area contributed by atoms with Gasteiger partial charge in [-0.05, 0) is 19.8 Å². The topological polar surface area (TPSA) is 94.6 Å². The van der Waals surface area contributed by atoms with E-state index in [1.54, 1.807) is 6.92 Å². The van der Waals surface area contributed by atoms with Gasteiger partial charge < -0.3 is 15.0 Å². The average Bonchev–Trinajstić information content (AvgIpc) is 2.83. The summed E-state index contributed by atoms with van der Waals surface area (Å²) in [5.74, 6) is -1.96. The number of sulfonamides is 1. The minimum atomic E-state index is -4.05. The van der Waals surface area contributed by atoms with Crippen LogP contribution in [0.5, 0.6) is 0 Å². The molecule has 0 aliphatic carbocycles. The molecule has 7 nitrogen and oxygen atoms in total. The number of esters is 1. The van der Waals surface area contributed by atoms with Gasteiger partial charge in [-0.3, -0.25) is 0 Å². The second kappa shape index (κ2) is 8.28. The summed E-state index contributed by atoms with van der Waals surface area (Å²) in [6.07, 6.45) is 3.35. The van der Waals surface area contributed by atoms with Crippen molar-refractivity contribution in [3.63, 3.8) is 0 Å². The summed E-state index contributed by atoms with van der Waals surface area (Å²) in [6.45, 7) is 2.15. The van der Waals surface area contributed by atoms with Crippen molar-refractivity contribution in [3.05, 3.63) is 17.7 Å². The number of carbonyl (C=O) groups excluding carboxylic acids is 1. The van der Waals surface area contributed by atoms with E-state index in [1.807, 2.05) is 0 Å². The van der Waals surface area contributed by atoms with Crippen LogP contribution in [0.2, 0.25) is 0 Å². The minimum absolute atomic E-state index is 0. The van der Waals surface area contributed by atoms with E-state index in [0.717, 1.165) is 17.2 Å². The van der Waals surface area contributed by atoms with Gasteiger partial charge in [0.1, 0.15) is 4.90 Å². The SMILES string of the molecule is CCOC(=O)c1c(F)c(S(=O)(=O)N2CCCCC2CN)cn1C.Cl. The molecule has 0 radical (unpaired) electrons. The lowest BCUT2D eigenvalue weighted by Crippen LogP contribution is -2.47. The molecular weight excluding hydrogens is 361 g/mol. The molecule has 10 heteroatoms. The predicted octanol–water partition coefficient (Wildman–Crippen LogP) is 1.26. The number of hydrogen-bond acceptors (Lipinski definition) is 5. The number of aryl methyl sites for hydroxylation is 1. The van der Waals surface area contributed by atoms with Crippen molar-refractivity contribution in [1.82, 2.24) is 8.87 Å². The molecule has 1 saturated heterocycles. The molecule has 1 aromatic rings. The summed E-state index contributed by atoms with van der Waals surface area (Å²) >= 11 is 0. The summed E-state index contributed by atoms with van der Waals surface area (Å²) in [7, 11) is -2.65. The number of ether oxygens (including phenoxy) is 1. The van der Waals surface area contributed by atoms with Gasteiger partial charge in [0.15, 0.2) is 11.5 Å². The Bertz CT molecular complexity index is 692. The van der Waals surface area contributed by atoms with E-state index in [1.165, 1.54) is 11.4 Å². The molecular formula is C14H23ClFN3O4S. The molecule has 24 heavy (non-hydrogen) atoms. The second-order valence-corrected chi connectivity index (χ2v) is 7.35. The van der Waals surface area contributed by atoms with Crippen molar-refractivity contribution in [2.75, 3.05) is 19.7 Å². The third-order valence-corrected chi connectivity index (χ3v) is 5.93. The zero-order valence-corrected chi connectivity index (χ0v) is 15.3. The maximum absolute atomic E-state index is 14.6. The van der Waals surface area contributed by atoms with Crippen LogP contribution in [0.15, 0.2) is 11.1 Å². The quantitative estimate of drug-likeness (QED) is 0.772. The molecule has 1 atom stereocenters. The van der Waals surface area contributed by atoms with Crippen molar-refractivity contribution in [2.24, 2.45) is 12.8 Å². The summed E-state index contributed by atoms with van der Waals surface area (Å²) in [4.78, 5) is 11.3. The Kier molecular flexibility index (Phi) is 7.21. The number of piperidine rings is 1. The van der Waals surface area contributed by atoms with Gasteiger partial charge in [-0.1, -0.05) is 6.42 Å². The molecule has 0 aromatic carbocycles. The normalized spacial score (nSPS) is 18.9. The van der Waals surface area contributed by atoms with Gasteiger partial charge in [0.05, 0.1) is 6.61 Å². The molecule has 2 N–H and O–H groups in total. The highest BCUT2D eigenvalue weighted by atomic mass is 35.5. The van der Waals surface area contributed by atoms with E-state index in [0.29, 0.717) is 19.4 Å². The Hall–Kier alpha value is -1.16. The molecule has 0 bridgehead atoms. The van der Waals surface area contributed by atoms with Gasteiger partial charge in [-0.2, -0.15) is 4.31 Å². The van der Waals surface area contributed by atoms with Gasteiger partial charge in [0, 0.05) is 32.4 Å². The van der Waals surface area contributed by atoms with Crippen LogP contribution in [0, 0.1) is 5.82 Å². The van der Waals surface area contributed by atoms with E-state index >= 15 is 0 Å². The van der Waals surface area contributed by atoms with E-state index < -0.39 is 32.4 Å². The summed E-state index contributed by atoms with van der Waals surface area (Å²) in [5.41, 5.74) is 5.25. The number of nitrogens with zero attached hydrogens (tertiary/aromatic N) is 2. The Morgan fingerprint density at radius 1 is 1.46 bits per heavy atom. The fourth-order valence-corrected chi connectivity index (χ4v) is 4.65. The Morgan fingerprint density at radius 2 is 2.12 bits per heavy atom. The lowest BCUT2D eigenvalue weighted by Gasteiger charge is -2.33. The number of carbonyl (C=O) groups is 1. The molecule has 0 spiro atoms. The molecule has 138 valence electrons. The summed E-state index contributed by atoms with van der Waals surface area (Å²) in [5, 5.41) is 0. The van der Waals surface area contributed by atoms with E-state index in [-0.39, 0.29) is 31.6 Å². The molecule has 1 aliphatic heterocycles. The van der Waals surface area contributed by atoms with Crippen molar-refractivity contribution in [1.29, 1.82) is 0 Å². The highest BCUT2D eigenvalue weighted by Crippen LogP contribution is 2.28. The lowest BCUT2D eigenvalue weighted by molar-refractivity contribution is 0.0509. The zero-order valence-electron chi connectivity index (χ0n) is 13.7. The van der Waals surface area contributed by atoms with Crippen LogP contribution in [0.1, 0.15) is 36.7 Å². The predicted molar refractivity (Wildman–Crippen MR) is 89.2 cm³/mol. The van der Waals surface area contributed by atoms with Crippen LogP contribution < -0.4 is 5.73 Å². The number of nitrogens with two attached hydrogens (primary N) is 1. The van der Waals surface area contributed by atoms with Crippen molar-refractivity contribution < 1.29 is 22.3 Å². The van der Waals surface area contributed by atoms with E-state index in [4.69, 9.17) is 10.5 Å².